The van der Waals surface area contributed by atoms with E-state index < -0.39 is 0 Å². The number of methoxy groups -OCH3 is 1. The molecule has 1 aliphatic heterocycles. The van der Waals surface area contributed by atoms with Crippen LogP contribution in [0.15, 0.2) is 18.2 Å². The molecule has 0 radical (unpaired) electrons. The number of aryl methyl sites for hydroxylation is 2. The Balaban J connectivity index is 2.18. The largest absolute Gasteiger partial charge is 0.380 e. The molecule has 1 aliphatic rings. The number of benzene rings is 1. The predicted molar refractivity (Wildman–Crippen MR) is 79.3 cm³/mol. The Labute approximate surface area is 116 Å². The van der Waals surface area contributed by atoms with E-state index in [-0.39, 0.29) is 0 Å². The van der Waals surface area contributed by atoms with Gasteiger partial charge in [-0.2, -0.15) is 0 Å². The van der Waals surface area contributed by atoms with E-state index in [0.29, 0.717) is 18.7 Å². The smallest absolute Gasteiger partial charge is 0.0698 e. The number of hydrogen-bond donors (Lipinski definition) is 1. The van der Waals surface area contributed by atoms with Crippen molar-refractivity contribution in [3.8, 4) is 0 Å². The highest BCUT2D eigenvalue weighted by atomic mass is 16.5. The number of ether oxygens (including phenoxy) is 1. The second-order valence-corrected chi connectivity index (χ2v) is 5.67. The van der Waals surface area contributed by atoms with Crippen LogP contribution in [0, 0.1) is 13.8 Å². The Morgan fingerprint density at radius 3 is 2.58 bits per heavy atom. The molecule has 2 N–H and O–H groups in total. The number of nitrogens with zero attached hydrogens (tertiary/aromatic N) is 1. The van der Waals surface area contributed by atoms with Gasteiger partial charge < -0.3 is 10.5 Å². The van der Waals surface area contributed by atoms with E-state index in [4.69, 9.17) is 10.5 Å². The van der Waals surface area contributed by atoms with Gasteiger partial charge in [0.25, 0.3) is 0 Å². The van der Waals surface area contributed by atoms with Gasteiger partial charge in [-0.25, -0.2) is 0 Å². The fourth-order valence-electron chi connectivity index (χ4n) is 3.14. The summed E-state index contributed by atoms with van der Waals surface area (Å²) < 4.78 is 5.52. The molecule has 106 valence electrons. The summed E-state index contributed by atoms with van der Waals surface area (Å²) in [4.78, 5) is 2.48. The molecule has 1 fully saturated rings. The van der Waals surface area contributed by atoms with Gasteiger partial charge >= 0.3 is 0 Å². The van der Waals surface area contributed by atoms with Gasteiger partial charge in [0.05, 0.1) is 6.10 Å². The third kappa shape index (κ3) is 3.56. The zero-order chi connectivity index (χ0) is 13.8. The van der Waals surface area contributed by atoms with Crippen molar-refractivity contribution in [3.05, 3.63) is 34.9 Å². The summed E-state index contributed by atoms with van der Waals surface area (Å²) in [6.07, 6.45) is 2.71. The molecule has 19 heavy (non-hydrogen) atoms. The highest BCUT2D eigenvalue weighted by Gasteiger charge is 2.26. The summed E-state index contributed by atoms with van der Waals surface area (Å²) in [5, 5.41) is 0. The summed E-state index contributed by atoms with van der Waals surface area (Å²) in [7, 11) is 1.81. The predicted octanol–water partition coefficient (Wildman–Crippen LogP) is 2.41. The van der Waals surface area contributed by atoms with E-state index in [1.54, 1.807) is 0 Å². The lowest BCUT2D eigenvalue weighted by Crippen LogP contribution is -2.43. The van der Waals surface area contributed by atoms with Gasteiger partial charge in [0.1, 0.15) is 0 Å². The maximum absolute atomic E-state index is 6.04. The molecule has 0 spiro atoms. The average Bonchev–Trinajstić information content (AvgIpc) is 2.39. The molecule has 3 nitrogen and oxygen atoms in total. The SMILES string of the molecule is COC1CCCN(C(CN)c2cc(C)cc(C)c2)C1. The zero-order valence-corrected chi connectivity index (χ0v) is 12.4. The van der Waals surface area contributed by atoms with E-state index in [1.807, 2.05) is 7.11 Å². The topological polar surface area (TPSA) is 38.5 Å². The van der Waals surface area contributed by atoms with Crippen molar-refractivity contribution in [3.63, 3.8) is 0 Å². The van der Waals surface area contributed by atoms with Gasteiger partial charge in [0.2, 0.25) is 0 Å². The van der Waals surface area contributed by atoms with Crippen molar-refractivity contribution < 1.29 is 4.74 Å². The highest BCUT2D eigenvalue weighted by Crippen LogP contribution is 2.26. The molecule has 1 aromatic rings. The fraction of sp³-hybridized carbons (Fsp3) is 0.625. The number of rotatable bonds is 4. The van der Waals surface area contributed by atoms with Crippen molar-refractivity contribution >= 4 is 0 Å². The quantitative estimate of drug-likeness (QED) is 0.905. The minimum Gasteiger partial charge on any atom is -0.380 e. The van der Waals surface area contributed by atoms with Crippen LogP contribution in [0.4, 0.5) is 0 Å². The number of likely N-dealkylation sites (tertiary alicyclic amines) is 1. The van der Waals surface area contributed by atoms with Crippen LogP contribution in [-0.2, 0) is 4.74 Å². The number of hydrogen-bond acceptors (Lipinski definition) is 3. The van der Waals surface area contributed by atoms with Gasteiger partial charge in [-0.3, -0.25) is 4.90 Å². The molecule has 1 aromatic carbocycles. The van der Waals surface area contributed by atoms with Gasteiger partial charge in [-0.1, -0.05) is 29.3 Å². The second-order valence-electron chi connectivity index (χ2n) is 5.67. The van der Waals surface area contributed by atoms with Crippen LogP contribution < -0.4 is 5.73 Å². The first-order valence-corrected chi connectivity index (χ1v) is 7.19. The van der Waals surface area contributed by atoms with Crippen LogP contribution in [0.2, 0.25) is 0 Å². The fourth-order valence-corrected chi connectivity index (χ4v) is 3.14. The molecule has 0 bridgehead atoms. The first kappa shape index (κ1) is 14.5. The van der Waals surface area contributed by atoms with Crippen LogP contribution in [-0.4, -0.2) is 37.7 Å². The maximum atomic E-state index is 6.04. The van der Waals surface area contributed by atoms with Crippen molar-refractivity contribution in [1.82, 2.24) is 4.90 Å². The summed E-state index contributed by atoms with van der Waals surface area (Å²) in [6.45, 7) is 7.08. The van der Waals surface area contributed by atoms with Crippen molar-refractivity contribution in [2.45, 2.75) is 38.8 Å². The monoisotopic (exact) mass is 262 g/mol. The summed E-state index contributed by atoms with van der Waals surface area (Å²) in [5.74, 6) is 0. The lowest BCUT2D eigenvalue weighted by molar-refractivity contribution is 0.0155. The highest BCUT2D eigenvalue weighted by molar-refractivity contribution is 5.31. The lowest BCUT2D eigenvalue weighted by Gasteiger charge is -2.37. The van der Waals surface area contributed by atoms with Crippen LogP contribution in [0.5, 0.6) is 0 Å². The van der Waals surface area contributed by atoms with E-state index in [1.165, 1.54) is 23.1 Å². The molecule has 2 rings (SSSR count). The Kier molecular flexibility index (Phi) is 4.97. The van der Waals surface area contributed by atoms with Crippen molar-refractivity contribution in [1.29, 1.82) is 0 Å². The minimum atomic E-state index is 0.316. The van der Waals surface area contributed by atoms with E-state index in [9.17, 15) is 0 Å². The maximum Gasteiger partial charge on any atom is 0.0698 e. The second kappa shape index (κ2) is 6.51. The molecule has 2 unspecified atom stereocenters. The Bertz CT molecular complexity index is 399. The van der Waals surface area contributed by atoms with Gasteiger partial charge in [-0.05, 0) is 38.8 Å². The molecule has 3 heteroatoms. The van der Waals surface area contributed by atoms with E-state index in [2.05, 4.69) is 36.9 Å². The van der Waals surface area contributed by atoms with Crippen LogP contribution in [0.3, 0.4) is 0 Å². The summed E-state index contributed by atoms with van der Waals surface area (Å²) >= 11 is 0. The van der Waals surface area contributed by atoms with E-state index in [0.717, 1.165) is 19.5 Å². The van der Waals surface area contributed by atoms with Gasteiger partial charge in [0, 0.05) is 26.2 Å². The van der Waals surface area contributed by atoms with Crippen LogP contribution in [0.25, 0.3) is 0 Å². The van der Waals surface area contributed by atoms with Crippen molar-refractivity contribution in [2.75, 3.05) is 26.7 Å². The Morgan fingerprint density at radius 2 is 2.00 bits per heavy atom. The lowest BCUT2D eigenvalue weighted by atomic mass is 9.97. The zero-order valence-electron chi connectivity index (χ0n) is 12.4. The minimum absolute atomic E-state index is 0.316. The number of nitrogens with two attached hydrogens (primary N) is 1. The van der Waals surface area contributed by atoms with Crippen LogP contribution in [0.1, 0.15) is 35.6 Å². The standard InChI is InChI=1S/C16H26N2O/c1-12-7-13(2)9-14(8-12)16(10-17)18-6-4-5-15(11-18)19-3/h7-9,15-16H,4-6,10-11,17H2,1-3H3. The molecule has 0 aliphatic carbocycles. The Hall–Kier alpha value is -0.900. The molecule has 0 aromatic heterocycles. The van der Waals surface area contributed by atoms with E-state index >= 15 is 0 Å². The van der Waals surface area contributed by atoms with Crippen LogP contribution >= 0.6 is 0 Å². The van der Waals surface area contributed by atoms with Gasteiger partial charge in [-0.15, -0.1) is 0 Å². The Morgan fingerprint density at radius 1 is 1.32 bits per heavy atom. The van der Waals surface area contributed by atoms with Crippen molar-refractivity contribution in [2.24, 2.45) is 5.73 Å². The van der Waals surface area contributed by atoms with Gasteiger partial charge in [0.15, 0.2) is 0 Å². The average molecular weight is 262 g/mol. The summed E-state index contributed by atoms with van der Waals surface area (Å²) in [6, 6.07) is 7.06. The molecular formula is C16H26N2O. The molecule has 1 heterocycles. The molecule has 1 saturated heterocycles. The molecule has 0 amide bonds. The normalized spacial score (nSPS) is 22.4. The first-order chi connectivity index (χ1) is 9.13. The molecule has 2 atom stereocenters. The molecular weight excluding hydrogens is 236 g/mol. The first-order valence-electron chi connectivity index (χ1n) is 7.19. The molecule has 0 saturated carbocycles. The third-order valence-corrected chi connectivity index (χ3v) is 4.04. The summed E-state index contributed by atoms with van der Waals surface area (Å²) in [5.41, 5.74) is 10.0. The number of piperidine rings is 1. The third-order valence-electron chi connectivity index (χ3n) is 4.04.